The van der Waals surface area contributed by atoms with E-state index in [0.29, 0.717) is 13.0 Å². The van der Waals surface area contributed by atoms with Crippen molar-refractivity contribution in [3.05, 3.63) is 65.7 Å². The van der Waals surface area contributed by atoms with E-state index in [2.05, 4.69) is 29.6 Å². The second kappa shape index (κ2) is 8.88. The first kappa shape index (κ1) is 16.1. The largest absolute Gasteiger partial charge is 0.489 e. The smallest absolute Gasteiger partial charge is 0.219 e. The van der Waals surface area contributed by atoms with E-state index in [4.69, 9.17) is 4.74 Å². The zero-order chi connectivity index (χ0) is 15.6. The summed E-state index contributed by atoms with van der Waals surface area (Å²) >= 11 is 0. The number of aryl methyl sites for hydroxylation is 1. The Balaban J connectivity index is 1.72. The van der Waals surface area contributed by atoms with Gasteiger partial charge in [-0.3, -0.25) is 4.79 Å². The van der Waals surface area contributed by atoms with Crippen LogP contribution >= 0.6 is 0 Å². The summed E-state index contributed by atoms with van der Waals surface area (Å²) < 4.78 is 5.76. The first-order chi connectivity index (χ1) is 10.8. The van der Waals surface area contributed by atoms with Crippen molar-refractivity contribution in [1.82, 2.24) is 5.32 Å². The fraction of sp³-hybridized carbons (Fsp3) is 0.316. The number of carbonyl (C=O) groups excluding carboxylic acids is 1. The molecule has 2 aromatic rings. The lowest BCUT2D eigenvalue weighted by atomic mass is 10.1. The van der Waals surface area contributed by atoms with Crippen LogP contribution in [0.4, 0.5) is 0 Å². The monoisotopic (exact) mass is 297 g/mol. The number of ether oxygens (including phenoxy) is 1. The molecule has 2 aromatic carbocycles. The van der Waals surface area contributed by atoms with Gasteiger partial charge in [0.1, 0.15) is 12.4 Å². The van der Waals surface area contributed by atoms with Gasteiger partial charge < -0.3 is 10.1 Å². The predicted octanol–water partition coefficient (Wildman–Crippen LogP) is 3.72. The Bertz CT molecular complexity index is 564. The molecule has 0 atom stereocenters. The molecule has 3 heteroatoms. The maximum atomic E-state index is 11.1. The van der Waals surface area contributed by atoms with Crippen molar-refractivity contribution in [2.24, 2.45) is 0 Å². The van der Waals surface area contributed by atoms with Crippen molar-refractivity contribution in [3.63, 3.8) is 0 Å². The van der Waals surface area contributed by atoms with E-state index in [9.17, 15) is 4.79 Å². The molecule has 0 aliphatic heterocycles. The highest BCUT2D eigenvalue weighted by molar-refractivity contribution is 5.75. The molecule has 116 valence electrons. The molecule has 0 aromatic heterocycles. The SMILES string of the molecule is CCC(=O)NCCCc1ccc(OCc2ccccc2)cc1. The van der Waals surface area contributed by atoms with Gasteiger partial charge in [-0.15, -0.1) is 0 Å². The average molecular weight is 297 g/mol. The second-order valence-corrected chi connectivity index (χ2v) is 5.23. The maximum Gasteiger partial charge on any atom is 0.219 e. The number of benzene rings is 2. The normalized spacial score (nSPS) is 10.2. The fourth-order valence-corrected chi connectivity index (χ4v) is 2.14. The minimum Gasteiger partial charge on any atom is -0.489 e. The molecule has 0 fully saturated rings. The van der Waals surface area contributed by atoms with E-state index in [-0.39, 0.29) is 5.91 Å². The molecule has 0 aliphatic carbocycles. The van der Waals surface area contributed by atoms with E-state index < -0.39 is 0 Å². The topological polar surface area (TPSA) is 38.3 Å². The van der Waals surface area contributed by atoms with Crippen LogP contribution in [-0.2, 0) is 17.8 Å². The minimum absolute atomic E-state index is 0.115. The molecule has 2 rings (SSSR count). The number of hydrogen-bond donors (Lipinski definition) is 1. The van der Waals surface area contributed by atoms with Gasteiger partial charge in [-0.05, 0) is 36.1 Å². The van der Waals surface area contributed by atoms with Gasteiger partial charge in [0.15, 0.2) is 0 Å². The van der Waals surface area contributed by atoms with Crippen LogP contribution in [0, 0.1) is 0 Å². The molecule has 0 saturated carbocycles. The summed E-state index contributed by atoms with van der Waals surface area (Å²) in [5.74, 6) is 0.997. The molecule has 0 saturated heterocycles. The van der Waals surface area contributed by atoms with Crippen LogP contribution in [0.3, 0.4) is 0 Å². The lowest BCUT2D eigenvalue weighted by molar-refractivity contribution is -0.120. The van der Waals surface area contributed by atoms with Gasteiger partial charge in [0.2, 0.25) is 5.91 Å². The van der Waals surface area contributed by atoms with Crippen LogP contribution in [0.25, 0.3) is 0 Å². The molecule has 0 unspecified atom stereocenters. The van der Waals surface area contributed by atoms with Gasteiger partial charge in [0, 0.05) is 13.0 Å². The summed E-state index contributed by atoms with van der Waals surface area (Å²) in [6.07, 6.45) is 2.46. The molecular weight excluding hydrogens is 274 g/mol. The van der Waals surface area contributed by atoms with Crippen molar-refractivity contribution in [1.29, 1.82) is 0 Å². The summed E-state index contributed by atoms with van der Waals surface area (Å²) in [4.78, 5) is 11.1. The first-order valence-corrected chi connectivity index (χ1v) is 7.80. The van der Waals surface area contributed by atoms with Gasteiger partial charge in [-0.25, -0.2) is 0 Å². The fourth-order valence-electron chi connectivity index (χ4n) is 2.14. The number of carbonyl (C=O) groups is 1. The highest BCUT2D eigenvalue weighted by Gasteiger charge is 1.99. The lowest BCUT2D eigenvalue weighted by Gasteiger charge is -2.08. The average Bonchev–Trinajstić information content (AvgIpc) is 2.58. The Labute approximate surface area is 132 Å². The Morgan fingerprint density at radius 3 is 2.41 bits per heavy atom. The Morgan fingerprint density at radius 2 is 1.73 bits per heavy atom. The third-order valence-electron chi connectivity index (χ3n) is 3.46. The standard InChI is InChI=1S/C19H23NO2/c1-2-19(21)20-14-6-9-16-10-12-18(13-11-16)22-15-17-7-4-3-5-8-17/h3-5,7-8,10-13H,2,6,9,14-15H2,1H3,(H,20,21). The molecule has 1 N–H and O–H groups in total. The highest BCUT2D eigenvalue weighted by Crippen LogP contribution is 2.15. The van der Waals surface area contributed by atoms with E-state index in [1.54, 1.807) is 0 Å². The molecular formula is C19H23NO2. The van der Waals surface area contributed by atoms with Crippen LogP contribution in [-0.4, -0.2) is 12.5 Å². The number of hydrogen-bond acceptors (Lipinski definition) is 2. The third kappa shape index (κ3) is 5.60. The molecule has 0 radical (unpaired) electrons. The summed E-state index contributed by atoms with van der Waals surface area (Å²) in [6, 6.07) is 18.3. The Kier molecular flexibility index (Phi) is 6.49. The van der Waals surface area contributed by atoms with Crippen LogP contribution in [0.1, 0.15) is 30.9 Å². The van der Waals surface area contributed by atoms with Crippen LogP contribution < -0.4 is 10.1 Å². The van der Waals surface area contributed by atoms with Crippen molar-refractivity contribution < 1.29 is 9.53 Å². The van der Waals surface area contributed by atoms with Gasteiger partial charge in [0.25, 0.3) is 0 Å². The van der Waals surface area contributed by atoms with Crippen molar-refractivity contribution in [3.8, 4) is 5.75 Å². The van der Waals surface area contributed by atoms with Gasteiger partial charge in [-0.1, -0.05) is 49.4 Å². The molecule has 0 aliphatic rings. The van der Waals surface area contributed by atoms with Gasteiger partial charge >= 0.3 is 0 Å². The van der Waals surface area contributed by atoms with Crippen molar-refractivity contribution in [2.45, 2.75) is 32.8 Å². The molecule has 0 spiro atoms. The highest BCUT2D eigenvalue weighted by atomic mass is 16.5. The minimum atomic E-state index is 0.115. The van der Waals surface area contributed by atoms with E-state index in [1.165, 1.54) is 11.1 Å². The number of nitrogens with one attached hydrogen (secondary N) is 1. The first-order valence-electron chi connectivity index (χ1n) is 7.80. The summed E-state index contributed by atoms with van der Waals surface area (Å²) in [5, 5.41) is 2.89. The lowest BCUT2D eigenvalue weighted by Crippen LogP contribution is -2.23. The van der Waals surface area contributed by atoms with E-state index >= 15 is 0 Å². The van der Waals surface area contributed by atoms with Crippen LogP contribution in [0.5, 0.6) is 5.75 Å². The molecule has 0 bridgehead atoms. The summed E-state index contributed by atoms with van der Waals surface area (Å²) in [7, 11) is 0. The Hall–Kier alpha value is -2.29. The molecule has 1 amide bonds. The molecule has 22 heavy (non-hydrogen) atoms. The van der Waals surface area contributed by atoms with Gasteiger partial charge in [0.05, 0.1) is 0 Å². The number of amides is 1. The second-order valence-electron chi connectivity index (χ2n) is 5.23. The third-order valence-corrected chi connectivity index (χ3v) is 3.46. The van der Waals surface area contributed by atoms with Crippen molar-refractivity contribution >= 4 is 5.91 Å². The molecule has 0 heterocycles. The zero-order valence-corrected chi connectivity index (χ0v) is 13.0. The van der Waals surface area contributed by atoms with Crippen LogP contribution in [0.15, 0.2) is 54.6 Å². The Morgan fingerprint density at radius 1 is 1.00 bits per heavy atom. The van der Waals surface area contributed by atoms with Crippen molar-refractivity contribution in [2.75, 3.05) is 6.54 Å². The quantitative estimate of drug-likeness (QED) is 0.754. The van der Waals surface area contributed by atoms with Gasteiger partial charge in [-0.2, -0.15) is 0 Å². The van der Waals surface area contributed by atoms with E-state index in [0.717, 1.165) is 25.1 Å². The summed E-state index contributed by atoms with van der Waals surface area (Å²) in [5.41, 5.74) is 2.43. The van der Waals surface area contributed by atoms with Crippen LogP contribution in [0.2, 0.25) is 0 Å². The van der Waals surface area contributed by atoms with E-state index in [1.807, 2.05) is 37.3 Å². The molecule has 3 nitrogen and oxygen atoms in total. The number of rotatable bonds is 8. The maximum absolute atomic E-state index is 11.1. The summed E-state index contributed by atoms with van der Waals surface area (Å²) in [6.45, 7) is 3.19. The predicted molar refractivity (Wildman–Crippen MR) is 88.8 cm³/mol. The zero-order valence-electron chi connectivity index (χ0n) is 13.0.